The Morgan fingerprint density at radius 2 is 2.09 bits per heavy atom. The van der Waals surface area contributed by atoms with Crippen molar-refractivity contribution >= 4 is 23.2 Å². The number of anilines is 2. The second-order valence-electron chi connectivity index (χ2n) is 5.82. The van der Waals surface area contributed by atoms with Crippen LogP contribution in [0, 0.1) is 5.92 Å². The standard InChI is InChI=1S/C16H16N6O/c17-16-20-14-8-18-13(9-22(14)21-16)11-3-5-12(6-4-11)19-15(23)7-10-1-2-10/h3-6,8-10H,1-2,7H2,(H2,17,21)(H,19,23). The fraction of sp³-hybridized carbons (Fsp3) is 0.250. The highest BCUT2D eigenvalue weighted by molar-refractivity contribution is 5.91. The molecule has 1 saturated carbocycles. The number of nitrogens with zero attached hydrogens (tertiary/aromatic N) is 4. The molecule has 1 fully saturated rings. The SMILES string of the molecule is Nc1nc2cnc(-c3ccc(NC(=O)CC4CC4)cc3)cn2n1. The summed E-state index contributed by atoms with van der Waals surface area (Å²) in [4.78, 5) is 20.2. The lowest BCUT2D eigenvalue weighted by Gasteiger charge is -2.06. The van der Waals surface area contributed by atoms with Crippen LogP contribution in [0.25, 0.3) is 16.9 Å². The number of hydrogen-bond acceptors (Lipinski definition) is 5. The first-order valence-corrected chi connectivity index (χ1v) is 7.55. The van der Waals surface area contributed by atoms with Gasteiger partial charge >= 0.3 is 0 Å². The van der Waals surface area contributed by atoms with Crippen LogP contribution in [-0.4, -0.2) is 25.5 Å². The number of nitrogen functional groups attached to an aromatic ring is 1. The number of hydrogen-bond donors (Lipinski definition) is 2. The smallest absolute Gasteiger partial charge is 0.240 e. The lowest BCUT2D eigenvalue weighted by Crippen LogP contribution is -2.11. The van der Waals surface area contributed by atoms with Gasteiger partial charge in [-0.2, -0.15) is 4.98 Å². The van der Waals surface area contributed by atoms with E-state index in [9.17, 15) is 4.79 Å². The highest BCUT2D eigenvalue weighted by atomic mass is 16.1. The van der Waals surface area contributed by atoms with Crippen LogP contribution in [-0.2, 0) is 4.79 Å². The van der Waals surface area contributed by atoms with Gasteiger partial charge < -0.3 is 11.1 Å². The number of nitrogens with one attached hydrogen (secondary N) is 1. The summed E-state index contributed by atoms with van der Waals surface area (Å²) in [5.41, 5.74) is 8.67. The summed E-state index contributed by atoms with van der Waals surface area (Å²) in [6.07, 6.45) is 6.37. The Labute approximate surface area is 132 Å². The van der Waals surface area contributed by atoms with Crippen LogP contribution in [0.3, 0.4) is 0 Å². The van der Waals surface area contributed by atoms with E-state index in [2.05, 4.69) is 20.4 Å². The molecule has 0 aliphatic heterocycles. The quantitative estimate of drug-likeness (QED) is 0.769. The summed E-state index contributed by atoms with van der Waals surface area (Å²) in [5.74, 6) is 0.885. The molecule has 1 aromatic carbocycles. The largest absolute Gasteiger partial charge is 0.366 e. The van der Waals surface area contributed by atoms with E-state index >= 15 is 0 Å². The normalized spacial score (nSPS) is 14.1. The molecule has 4 rings (SSSR count). The molecule has 23 heavy (non-hydrogen) atoms. The Kier molecular flexibility index (Phi) is 3.18. The van der Waals surface area contributed by atoms with Crippen molar-refractivity contribution < 1.29 is 4.79 Å². The summed E-state index contributed by atoms with van der Waals surface area (Å²) in [6.45, 7) is 0. The van der Waals surface area contributed by atoms with E-state index in [4.69, 9.17) is 5.73 Å². The zero-order chi connectivity index (χ0) is 15.8. The van der Waals surface area contributed by atoms with Gasteiger partial charge in [-0.1, -0.05) is 12.1 Å². The van der Waals surface area contributed by atoms with E-state index in [-0.39, 0.29) is 11.9 Å². The van der Waals surface area contributed by atoms with Gasteiger partial charge in [-0.15, -0.1) is 5.10 Å². The Morgan fingerprint density at radius 3 is 2.83 bits per heavy atom. The first-order chi connectivity index (χ1) is 11.2. The van der Waals surface area contributed by atoms with E-state index in [1.54, 1.807) is 16.9 Å². The number of benzene rings is 1. The molecule has 7 nitrogen and oxygen atoms in total. The van der Waals surface area contributed by atoms with Crippen molar-refractivity contribution in [3.8, 4) is 11.3 Å². The molecule has 0 spiro atoms. The average Bonchev–Trinajstić information content (AvgIpc) is 3.25. The van der Waals surface area contributed by atoms with E-state index in [1.165, 1.54) is 12.8 Å². The first kappa shape index (κ1) is 13.7. The maximum Gasteiger partial charge on any atom is 0.240 e. The van der Waals surface area contributed by atoms with Gasteiger partial charge in [0.1, 0.15) is 0 Å². The average molecular weight is 308 g/mol. The molecule has 3 N–H and O–H groups in total. The molecule has 3 aromatic rings. The molecule has 0 bridgehead atoms. The number of carbonyl (C=O) groups excluding carboxylic acids is 1. The minimum atomic E-state index is 0.0814. The number of carbonyl (C=O) groups is 1. The highest BCUT2D eigenvalue weighted by Gasteiger charge is 2.24. The zero-order valence-electron chi connectivity index (χ0n) is 12.4. The van der Waals surface area contributed by atoms with Crippen LogP contribution in [0.4, 0.5) is 11.6 Å². The third-order valence-corrected chi connectivity index (χ3v) is 3.87. The third-order valence-electron chi connectivity index (χ3n) is 3.87. The van der Waals surface area contributed by atoms with Gasteiger partial charge in [-0.25, -0.2) is 4.52 Å². The predicted molar refractivity (Wildman–Crippen MR) is 86.6 cm³/mol. The van der Waals surface area contributed by atoms with E-state index in [0.29, 0.717) is 18.0 Å². The van der Waals surface area contributed by atoms with Gasteiger partial charge in [0.15, 0.2) is 5.65 Å². The minimum absolute atomic E-state index is 0.0814. The molecule has 116 valence electrons. The molecule has 1 aliphatic rings. The lowest BCUT2D eigenvalue weighted by atomic mass is 10.1. The molecule has 2 heterocycles. The summed E-state index contributed by atoms with van der Waals surface area (Å²) >= 11 is 0. The van der Waals surface area contributed by atoms with Crippen LogP contribution in [0.5, 0.6) is 0 Å². The van der Waals surface area contributed by atoms with Crippen molar-refractivity contribution in [3.63, 3.8) is 0 Å². The first-order valence-electron chi connectivity index (χ1n) is 7.55. The summed E-state index contributed by atoms with van der Waals surface area (Å²) in [7, 11) is 0. The van der Waals surface area contributed by atoms with Crippen molar-refractivity contribution in [2.45, 2.75) is 19.3 Å². The Hall–Kier alpha value is -2.96. The van der Waals surface area contributed by atoms with Crippen LogP contribution in [0.2, 0.25) is 0 Å². The number of fused-ring (bicyclic) bond motifs is 1. The fourth-order valence-corrected chi connectivity index (χ4v) is 2.48. The number of aromatic nitrogens is 4. The van der Waals surface area contributed by atoms with E-state index < -0.39 is 0 Å². The molecular formula is C16H16N6O. The zero-order valence-corrected chi connectivity index (χ0v) is 12.4. The molecule has 0 saturated heterocycles. The van der Waals surface area contributed by atoms with Crippen LogP contribution >= 0.6 is 0 Å². The second-order valence-corrected chi connectivity index (χ2v) is 5.82. The van der Waals surface area contributed by atoms with Gasteiger partial charge in [0.25, 0.3) is 0 Å². The van der Waals surface area contributed by atoms with Crippen molar-refractivity contribution in [1.82, 2.24) is 19.6 Å². The van der Waals surface area contributed by atoms with E-state index in [1.807, 2.05) is 24.3 Å². The van der Waals surface area contributed by atoms with Crippen LogP contribution in [0.1, 0.15) is 19.3 Å². The Bertz CT molecular complexity index is 866. The maximum atomic E-state index is 11.8. The molecule has 2 aromatic heterocycles. The van der Waals surface area contributed by atoms with Crippen molar-refractivity contribution in [2.24, 2.45) is 5.92 Å². The van der Waals surface area contributed by atoms with Gasteiger partial charge in [0.05, 0.1) is 18.1 Å². The monoisotopic (exact) mass is 308 g/mol. The topological polar surface area (TPSA) is 98.2 Å². The Balaban J connectivity index is 1.52. The van der Waals surface area contributed by atoms with Crippen LogP contribution < -0.4 is 11.1 Å². The summed E-state index contributed by atoms with van der Waals surface area (Å²) in [5, 5.41) is 7.00. The van der Waals surface area contributed by atoms with Crippen molar-refractivity contribution in [2.75, 3.05) is 11.1 Å². The fourth-order valence-electron chi connectivity index (χ4n) is 2.48. The summed E-state index contributed by atoms with van der Waals surface area (Å²) < 4.78 is 1.60. The van der Waals surface area contributed by atoms with Gasteiger partial charge in [-0.05, 0) is 30.9 Å². The number of rotatable bonds is 4. The molecule has 0 unspecified atom stereocenters. The second kappa shape index (κ2) is 5.35. The molecule has 0 atom stereocenters. The predicted octanol–water partition coefficient (Wildman–Crippen LogP) is 2.11. The van der Waals surface area contributed by atoms with E-state index in [0.717, 1.165) is 16.9 Å². The molecular weight excluding hydrogens is 292 g/mol. The molecule has 7 heteroatoms. The number of nitrogens with two attached hydrogens (primary N) is 1. The van der Waals surface area contributed by atoms with Crippen molar-refractivity contribution in [1.29, 1.82) is 0 Å². The molecule has 1 aliphatic carbocycles. The lowest BCUT2D eigenvalue weighted by molar-refractivity contribution is -0.116. The van der Waals surface area contributed by atoms with Crippen LogP contribution in [0.15, 0.2) is 36.7 Å². The molecule has 1 amide bonds. The van der Waals surface area contributed by atoms with Gasteiger partial charge in [-0.3, -0.25) is 9.78 Å². The number of amides is 1. The third kappa shape index (κ3) is 2.98. The van der Waals surface area contributed by atoms with Gasteiger partial charge in [0.2, 0.25) is 11.9 Å². The van der Waals surface area contributed by atoms with Crippen molar-refractivity contribution in [3.05, 3.63) is 36.7 Å². The highest BCUT2D eigenvalue weighted by Crippen LogP contribution is 2.32. The maximum absolute atomic E-state index is 11.8. The Morgan fingerprint density at radius 1 is 1.30 bits per heavy atom. The minimum Gasteiger partial charge on any atom is -0.366 e. The molecule has 0 radical (unpaired) electrons. The summed E-state index contributed by atoms with van der Waals surface area (Å²) in [6, 6.07) is 7.59. The van der Waals surface area contributed by atoms with Gasteiger partial charge in [0, 0.05) is 17.7 Å².